The first-order valence-electron chi connectivity index (χ1n) is 14.4. The normalized spacial score (nSPS) is 23.7. The standard InChI is InChI=1S/C33H45N3O3/c1-23-19-29(15-18-32(23)39-5)26-11-9-25(10-12-26)22-36(33(38)27-13-16-31(37)17-14-27)30-8-6-7-28(20-30)24(2)21-35(4)34-3/h6-8,15,18-21,25-27,31,37H,3,9-14,16-17,22H2,1-2,4-5H3/b24-21+/t25-,26-,27-,31-. The summed E-state index contributed by atoms with van der Waals surface area (Å²) in [7, 11) is 3.58. The van der Waals surface area contributed by atoms with E-state index in [4.69, 9.17) is 4.74 Å². The average molecular weight is 532 g/mol. The molecule has 6 nitrogen and oxygen atoms in total. The number of hydrogen-bond donors (Lipinski definition) is 1. The van der Waals surface area contributed by atoms with E-state index < -0.39 is 0 Å². The molecule has 0 spiro atoms. The highest BCUT2D eigenvalue weighted by Gasteiger charge is 2.32. The molecule has 2 aliphatic rings. The van der Waals surface area contributed by atoms with Crippen molar-refractivity contribution >= 4 is 23.9 Å². The highest BCUT2D eigenvalue weighted by atomic mass is 16.5. The fourth-order valence-corrected chi connectivity index (χ4v) is 6.27. The number of hydrazone groups is 1. The van der Waals surface area contributed by atoms with Gasteiger partial charge in [-0.25, -0.2) is 0 Å². The van der Waals surface area contributed by atoms with Gasteiger partial charge in [-0.2, -0.15) is 5.10 Å². The van der Waals surface area contributed by atoms with E-state index in [0.29, 0.717) is 24.7 Å². The number of ether oxygens (including phenoxy) is 1. The van der Waals surface area contributed by atoms with E-state index in [2.05, 4.69) is 67.0 Å². The Hall–Kier alpha value is -3.12. The Labute approximate surface area is 234 Å². The molecule has 4 rings (SSSR count). The van der Waals surface area contributed by atoms with Crippen LogP contribution in [-0.4, -0.2) is 49.5 Å². The number of amides is 1. The second-order valence-electron chi connectivity index (χ2n) is 11.5. The first kappa shape index (κ1) is 28.9. The minimum atomic E-state index is -0.272. The van der Waals surface area contributed by atoms with Crippen LogP contribution >= 0.6 is 0 Å². The number of hydrogen-bond acceptors (Lipinski definition) is 5. The molecule has 0 aromatic heterocycles. The van der Waals surface area contributed by atoms with Crippen molar-refractivity contribution in [2.24, 2.45) is 16.9 Å². The minimum absolute atomic E-state index is 0.0246. The third-order valence-electron chi connectivity index (χ3n) is 8.71. The lowest BCUT2D eigenvalue weighted by atomic mass is 9.78. The molecule has 1 N–H and O–H groups in total. The zero-order valence-corrected chi connectivity index (χ0v) is 24.1. The van der Waals surface area contributed by atoms with E-state index in [1.807, 2.05) is 19.3 Å². The van der Waals surface area contributed by atoms with E-state index in [1.54, 1.807) is 12.1 Å². The van der Waals surface area contributed by atoms with Crippen molar-refractivity contribution in [2.75, 3.05) is 25.6 Å². The largest absolute Gasteiger partial charge is 0.496 e. The number of aliphatic hydroxyl groups excluding tert-OH is 1. The first-order chi connectivity index (χ1) is 18.8. The van der Waals surface area contributed by atoms with E-state index in [0.717, 1.165) is 67.6 Å². The molecule has 2 aliphatic carbocycles. The summed E-state index contributed by atoms with van der Waals surface area (Å²) in [5.74, 6) is 2.15. The molecule has 2 aromatic rings. The Kier molecular flexibility index (Phi) is 9.84. The molecule has 39 heavy (non-hydrogen) atoms. The molecule has 0 radical (unpaired) electrons. The lowest BCUT2D eigenvalue weighted by Gasteiger charge is -2.36. The van der Waals surface area contributed by atoms with Gasteiger partial charge in [-0.15, -0.1) is 0 Å². The first-order valence-corrected chi connectivity index (χ1v) is 14.4. The summed E-state index contributed by atoms with van der Waals surface area (Å²) >= 11 is 0. The van der Waals surface area contributed by atoms with Crippen LogP contribution in [-0.2, 0) is 4.79 Å². The molecule has 2 fully saturated rings. The number of carbonyl (C=O) groups excluding carboxylic acids is 1. The van der Waals surface area contributed by atoms with Gasteiger partial charge in [0.15, 0.2) is 0 Å². The number of anilines is 1. The monoisotopic (exact) mass is 531 g/mol. The summed E-state index contributed by atoms with van der Waals surface area (Å²) in [4.78, 5) is 16.0. The summed E-state index contributed by atoms with van der Waals surface area (Å²) in [6, 6.07) is 14.9. The number of nitrogens with zero attached hydrogens (tertiary/aromatic N) is 3. The molecule has 0 unspecified atom stereocenters. The van der Waals surface area contributed by atoms with Gasteiger partial charge in [0.1, 0.15) is 5.75 Å². The average Bonchev–Trinajstić information content (AvgIpc) is 2.96. The van der Waals surface area contributed by atoms with Gasteiger partial charge in [-0.1, -0.05) is 24.3 Å². The molecule has 210 valence electrons. The summed E-state index contributed by atoms with van der Waals surface area (Å²) in [5, 5.41) is 15.7. The van der Waals surface area contributed by atoms with Gasteiger partial charge in [0.2, 0.25) is 5.91 Å². The van der Waals surface area contributed by atoms with Crippen LogP contribution in [0.2, 0.25) is 0 Å². The number of aryl methyl sites for hydroxylation is 1. The molecular formula is C33H45N3O3. The molecule has 0 bridgehead atoms. The Morgan fingerprint density at radius 2 is 1.79 bits per heavy atom. The van der Waals surface area contributed by atoms with Crippen LogP contribution in [0.25, 0.3) is 5.57 Å². The van der Waals surface area contributed by atoms with Crippen LogP contribution in [0.3, 0.4) is 0 Å². The SMILES string of the molecule is C=NN(C)/C=C(\C)c1cccc(N(C[C@H]2CC[C@H](c3ccc(OC)c(C)c3)CC2)C(=O)[C@H]2CC[C@H](O)CC2)c1. The van der Waals surface area contributed by atoms with Crippen LogP contribution in [0, 0.1) is 18.8 Å². The fourth-order valence-electron chi connectivity index (χ4n) is 6.27. The molecule has 0 atom stereocenters. The Morgan fingerprint density at radius 1 is 1.08 bits per heavy atom. The highest BCUT2D eigenvalue weighted by molar-refractivity contribution is 5.95. The lowest BCUT2D eigenvalue weighted by Crippen LogP contribution is -2.41. The van der Waals surface area contributed by atoms with Gasteiger partial charge in [0.25, 0.3) is 0 Å². The molecule has 1 amide bonds. The molecule has 6 heteroatoms. The maximum atomic E-state index is 14.0. The van der Waals surface area contributed by atoms with E-state index in [1.165, 1.54) is 11.1 Å². The second kappa shape index (κ2) is 13.3. The summed E-state index contributed by atoms with van der Waals surface area (Å²) < 4.78 is 5.45. The molecule has 0 heterocycles. The van der Waals surface area contributed by atoms with Crippen LogP contribution in [0.15, 0.2) is 53.8 Å². The van der Waals surface area contributed by atoms with E-state index >= 15 is 0 Å². The number of carbonyl (C=O) groups is 1. The van der Waals surface area contributed by atoms with Crippen molar-refractivity contribution in [1.29, 1.82) is 0 Å². The summed E-state index contributed by atoms with van der Waals surface area (Å²) in [5.41, 5.74) is 5.67. The van der Waals surface area contributed by atoms with Crippen LogP contribution in [0.1, 0.15) is 80.9 Å². The maximum Gasteiger partial charge on any atom is 0.230 e. The molecular weight excluding hydrogens is 486 g/mol. The lowest BCUT2D eigenvalue weighted by molar-refractivity contribution is -0.124. The fraction of sp³-hybridized carbons (Fsp3) is 0.515. The third-order valence-corrected chi connectivity index (χ3v) is 8.71. The Bertz CT molecular complexity index is 1160. The minimum Gasteiger partial charge on any atom is -0.496 e. The van der Waals surface area contributed by atoms with Crippen molar-refractivity contribution in [3.63, 3.8) is 0 Å². The Balaban J connectivity index is 1.51. The van der Waals surface area contributed by atoms with Gasteiger partial charge >= 0.3 is 0 Å². The number of allylic oxidation sites excluding steroid dienone is 1. The van der Waals surface area contributed by atoms with E-state index in [-0.39, 0.29) is 17.9 Å². The second-order valence-corrected chi connectivity index (χ2v) is 11.5. The number of benzene rings is 2. The quantitative estimate of drug-likeness (QED) is 0.286. The predicted octanol–water partition coefficient (Wildman–Crippen LogP) is 6.77. The van der Waals surface area contributed by atoms with Crippen LogP contribution in [0.4, 0.5) is 5.69 Å². The number of aliphatic hydroxyl groups is 1. The van der Waals surface area contributed by atoms with Crippen LogP contribution in [0.5, 0.6) is 5.75 Å². The highest BCUT2D eigenvalue weighted by Crippen LogP contribution is 2.39. The van der Waals surface area contributed by atoms with Gasteiger partial charge in [-0.3, -0.25) is 9.80 Å². The van der Waals surface area contributed by atoms with Crippen molar-refractivity contribution < 1.29 is 14.6 Å². The topological polar surface area (TPSA) is 65.4 Å². The summed E-state index contributed by atoms with van der Waals surface area (Å²) in [6.45, 7) is 8.50. The van der Waals surface area contributed by atoms with Gasteiger partial charge in [0, 0.05) is 38.1 Å². The maximum absolute atomic E-state index is 14.0. The van der Waals surface area contributed by atoms with Gasteiger partial charge in [0.05, 0.1) is 13.2 Å². The zero-order chi connectivity index (χ0) is 27.9. The molecule has 0 saturated heterocycles. The van der Waals surface area contributed by atoms with Crippen LogP contribution < -0.4 is 9.64 Å². The van der Waals surface area contributed by atoms with Crippen molar-refractivity contribution in [2.45, 2.75) is 77.2 Å². The molecule has 0 aliphatic heterocycles. The number of rotatable bonds is 9. The number of methoxy groups -OCH3 is 1. The van der Waals surface area contributed by atoms with Crippen molar-refractivity contribution in [1.82, 2.24) is 5.01 Å². The third kappa shape index (κ3) is 7.30. The smallest absolute Gasteiger partial charge is 0.230 e. The van der Waals surface area contributed by atoms with Crippen molar-refractivity contribution in [3.05, 3.63) is 65.4 Å². The molecule has 2 saturated carbocycles. The Morgan fingerprint density at radius 3 is 2.44 bits per heavy atom. The van der Waals surface area contributed by atoms with Crippen molar-refractivity contribution in [3.8, 4) is 5.75 Å². The van der Waals surface area contributed by atoms with E-state index in [9.17, 15) is 9.90 Å². The molecule has 2 aromatic carbocycles. The summed E-state index contributed by atoms with van der Waals surface area (Å²) in [6.07, 6.45) is 9.10. The zero-order valence-electron chi connectivity index (χ0n) is 24.1. The van der Waals surface area contributed by atoms with Gasteiger partial charge < -0.3 is 14.7 Å². The predicted molar refractivity (Wildman–Crippen MR) is 160 cm³/mol. The van der Waals surface area contributed by atoms with Gasteiger partial charge in [-0.05, 0) is 118 Å².